The third-order valence-corrected chi connectivity index (χ3v) is 7.61. The van der Waals surface area contributed by atoms with Crippen LogP contribution in [0.3, 0.4) is 0 Å². The van der Waals surface area contributed by atoms with Crippen LogP contribution in [0.2, 0.25) is 10.0 Å². The Morgan fingerprint density at radius 3 is 2.34 bits per heavy atom. The lowest BCUT2D eigenvalue weighted by Crippen LogP contribution is -2.48. The molecule has 182 valence electrons. The maximum absolute atomic E-state index is 14.1. The van der Waals surface area contributed by atoms with Crippen molar-refractivity contribution >= 4 is 35.0 Å². The van der Waals surface area contributed by atoms with Crippen LogP contribution in [-0.4, -0.2) is 34.4 Å². The smallest absolute Gasteiger partial charge is 0.303 e. The summed E-state index contributed by atoms with van der Waals surface area (Å²) in [6, 6.07) is 18.6. The molecule has 2 N–H and O–H groups in total. The van der Waals surface area contributed by atoms with Gasteiger partial charge in [0.2, 0.25) is 0 Å². The number of Topliss-reactive ketones (excluding diaryl/α,β-unsaturated/α-hetero) is 1. The van der Waals surface area contributed by atoms with Crippen molar-refractivity contribution in [2.24, 2.45) is 5.92 Å². The summed E-state index contributed by atoms with van der Waals surface area (Å²) >= 11 is 12.4. The van der Waals surface area contributed by atoms with E-state index in [0.29, 0.717) is 23.0 Å². The van der Waals surface area contributed by atoms with E-state index < -0.39 is 11.4 Å². The number of ketones is 1. The molecule has 1 saturated heterocycles. The van der Waals surface area contributed by atoms with Crippen LogP contribution < -0.4 is 5.32 Å². The lowest BCUT2D eigenvalue weighted by molar-refractivity contribution is -0.138. The maximum Gasteiger partial charge on any atom is 0.303 e. The van der Waals surface area contributed by atoms with Crippen LogP contribution in [-0.2, 0) is 15.0 Å². The van der Waals surface area contributed by atoms with Gasteiger partial charge >= 0.3 is 5.97 Å². The summed E-state index contributed by atoms with van der Waals surface area (Å²) < 4.78 is 0. The van der Waals surface area contributed by atoms with E-state index in [0.717, 1.165) is 16.7 Å². The number of pyridine rings is 1. The van der Waals surface area contributed by atoms with Crippen molar-refractivity contribution in [1.82, 2.24) is 10.3 Å². The number of piperidine rings is 1. The molecule has 0 radical (unpaired) electrons. The normalized spacial score (nSPS) is 21.7. The molecule has 1 fully saturated rings. The highest BCUT2D eigenvalue weighted by atomic mass is 35.5. The first-order chi connectivity index (χ1) is 16.8. The minimum atomic E-state index is -0.897. The van der Waals surface area contributed by atoms with Crippen LogP contribution in [0.25, 0.3) is 0 Å². The number of hydrogen-bond acceptors (Lipinski definition) is 4. The zero-order chi connectivity index (χ0) is 25.0. The van der Waals surface area contributed by atoms with Gasteiger partial charge in [0.1, 0.15) is 5.78 Å². The number of carbonyl (C=O) groups excluding carboxylic acids is 1. The molecule has 3 aromatic rings. The van der Waals surface area contributed by atoms with Gasteiger partial charge in [0.05, 0.1) is 5.41 Å². The molecule has 7 heteroatoms. The first kappa shape index (κ1) is 25.4. The highest BCUT2D eigenvalue weighted by molar-refractivity contribution is 6.30. The Kier molecular flexibility index (Phi) is 7.90. The zero-order valence-corrected chi connectivity index (χ0v) is 21.0. The minimum absolute atomic E-state index is 0.0225. The van der Waals surface area contributed by atoms with Gasteiger partial charge in [0.25, 0.3) is 0 Å². The molecule has 4 atom stereocenters. The molecule has 35 heavy (non-hydrogen) atoms. The molecule has 0 amide bonds. The van der Waals surface area contributed by atoms with Crippen molar-refractivity contribution in [3.63, 3.8) is 0 Å². The third kappa shape index (κ3) is 5.75. The van der Waals surface area contributed by atoms with Crippen LogP contribution in [0.4, 0.5) is 0 Å². The van der Waals surface area contributed by atoms with Gasteiger partial charge in [-0.05, 0) is 78.9 Å². The summed E-state index contributed by atoms with van der Waals surface area (Å²) in [5.74, 6) is -0.815. The number of nitrogens with one attached hydrogen (secondary N) is 1. The molecule has 0 bridgehead atoms. The summed E-state index contributed by atoms with van der Waals surface area (Å²) in [4.78, 5) is 29.6. The Balaban J connectivity index is 1.67. The maximum atomic E-state index is 14.1. The van der Waals surface area contributed by atoms with Crippen LogP contribution >= 0.6 is 23.2 Å². The van der Waals surface area contributed by atoms with Crippen molar-refractivity contribution in [2.75, 3.05) is 6.54 Å². The zero-order valence-electron chi connectivity index (χ0n) is 19.5. The minimum Gasteiger partial charge on any atom is -0.481 e. The van der Waals surface area contributed by atoms with Gasteiger partial charge in [-0.1, -0.05) is 47.5 Å². The number of carbonyl (C=O) groups is 2. The number of aliphatic carboxylic acids is 1. The molecular formula is C28H28Cl2N2O3. The van der Waals surface area contributed by atoms with Crippen molar-refractivity contribution in [1.29, 1.82) is 0 Å². The van der Waals surface area contributed by atoms with Gasteiger partial charge in [-0.15, -0.1) is 0 Å². The van der Waals surface area contributed by atoms with Crippen molar-refractivity contribution in [2.45, 2.75) is 43.6 Å². The second kappa shape index (κ2) is 10.9. The summed E-state index contributed by atoms with van der Waals surface area (Å²) in [7, 11) is 0. The molecule has 1 aromatic heterocycles. The quantitative estimate of drug-likeness (QED) is 0.394. The second-order valence-corrected chi connectivity index (χ2v) is 10.2. The largest absolute Gasteiger partial charge is 0.481 e. The Morgan fingerprint density at radius 1 is 1.00 bits per heavy atom. The Bertz CT molecular complexity index is 1190. The van der Waals surface area contributed by atoms with E-state index in [-0.39, 0.29) is 36.5 Å². The molecule has 0 unspecified atom stereocenters. The average molecular weight is 511 g/mol. The van der Waals surface area contributed by atoms with E-state index in [1.807, 2.05) is 55.5 Å². The number of aromatic nitrogens is 1. The molecule has 1 aliphatic heterocycles. The predicted octanol–water partition coefficient (Wildman–Crippen LogP) is 5.89. The number of benzene rings is 2. The molecule has 4 rings (SSSR count). The van der Waals surface area contributed by atoms with Crippen molar-refractivity contribution in [3.05, 3.63) is 99.8 Å². The van der Waals surface area contributed by atoms with E-state index in [2.05, 4.69) is 10.3 Å². The van der Waals surface area contributed by atoms with Gasteiger partial charge in [-0.25, -0.2) is 0 Å². The fourth-order valence-corrected chi connectivity index (χ4v) is 5.48. The van der Waals surface area contributed by atoms with Crippen LogP contribution in [0, 0.1) is 5.92 Å². The SMILES string of the molecule is C[C@](C(=O)C[C@@H]1NC[C@@H](CC(=O)O)C[C@@H]1c1cccc(Cl)c1)(c1ccncc1)c1ccc(Cl)cc1. The molecule has 2 aromatic carbocycles. The number of nitrogens with zero attached hydrogens (tertiary/aromatic N) is 1. The van der Waals surface area contributed by atoms with E-state index in [9.17, 15) is 14.7 Å². The number of rotatable bonds is 8. The van der Waals surface area contributed by atoms with E-state index in [1.54, 1.807) is 24.5 Å². The third-order valence-electron chi connectivity index (χ3n) is 7.12. The summed E-state index contributed by atoms with van der Waals surface area (Å²) in [5.41, 5.74) is 1.83. The summed E-state index contributed by atoms with van der Waals surface area (Å²) in [5, 5.41) is 14.1. The first-order valence-corrected chi connectivity index (χ1v) is 12.4. The lowest BCUT2D eigenvalue weighted by atomic mass is 9.69. The van der Waals surface area contributed by atoms with Gasteiger partial charge in [-0.2, -0.15) is 0 Å². The number of carboxylic acid groups (broad SMARTS) is 1. The van der Waals surface area contributed by atoms with E-state index in [4.69, 9.17) is 23.2 Å². The van der Waals surface area contributed by atoms with Gasteiger partial charge < -0.3 is 10.4 Å². The molecule has 1 aliphatic rings. The van der Waals surface area contributed by atoms with Gasteiger partial charge in [-0.3, -0.25) is 14.6 Å². The molecule has 2 heterocycles. The molecular weight excluding hydrogens is 483 g/mol. The Labute approximate surface area is 215 Å². The fourth-order valence-electron chi connectivity index (χ4n) is 5.15. The first-order valence-electron chi connectivity index (χ1n) is 11.7. The van der Waals surface area contributed by atoms with Crippen LogP contribution in [0.15, 0.2) is 73.1 Å². The Morgan fingerprint density at radius 2 is 1.69 bits per heavy atom. The molecule has 5 nitrogen and oxygen atoms in total. The van der Waals surface area contributed by atoms with Gasteiger partial charge in [0, 0.05) is 47.2 Å². The number of halogens is 2. The van der Waals surface area contributed by atoms with Crippen molar-refractivity contribution < 1.29 is 14.7 Å². The van der Waals surface area contributed by atoms with Crippen LogP contribution in [0.5, 0.6) is 0 Å². The topological polar surface area (TPSA) is 79.3 Å². The number of hydrogen-bond donors (Lipinski definition) is 2. The van der Waals surface area contributed by atoms with E-state index in [1.165, 1.54) is 0 Å². The number of carboxylic acids is 1. The fraction of sp³-hybridized carbons (Fsp3) is 0.321. The lowest BCUT2D eigenvalue weighted by Gasteiger charge is -2.39. The highest BCUT2D eigenvalue weighted by Gasteiger charge is 2.41. The van der Waals surface area contributed by atoms with Crippen molar-refractivity contribution in [3.8, 4) is 0 Å². The molecule has 0 aliphatic carbocycles. The predicted molar refractivity (Wildman–Crippen MR) is 138 cm³/mol. The summed E-state index contributed by atoms with van der Waals surface area (Å²) in [6.45, 7) is 2.49. The molecule has 0 spiro atoms. The average Bonchev–Trinajstić information content (AvgIpc) is 2.85. The van der Waals surface area contributed by atoms with Gasteiger partial charge in [0.15, 0.2) is 0 Å². The Hall–Kier alpha value is -2.73. The van der Waals surface area contributed by atoms with E-state index >= 15 is 0 Å². The second-order valence-electron chi connectivity index (χ2n) is 9.37. The monoisotopic (exact) mass is 510 g/mol. The molecule has 0 saturated carbocycles. The van der Waals surface area contributed by atoms with Crippen LogP contribution in [0.1, 0.15) is 48.8 Å². The highest BCUT2D eigenvalue weighted by Crippen LogP contribution is 2.39. The summed E-state index contributed by atoms with van der Waals surface area (Å²) in [6.07, 6.45) is 4.43. The standard InChI is InChI=1S/C28H28Cl2N2O3/c1-28(21-9-11-31-12-10-21,20-5-7-22(29)8-6-20)26(33)16-25-24(19-3-2-4-23(30)15-19)13-18(17-32-25)14-27(34)35/h2-12,15,18,24-25,32H,13-14,16-17H2,1H3,(H,34,35)/t18-,24-,25+,28-/m1/s1.